The molecule has 0 bridgehead atoms. The topological polar surface area (TPSA) is 64.1 Å². The van der Waals surface area contributed by atoms with E-state index in [2.05, 4.69) is 33.8 Å². The third-order valence-corrected chi connectivity index (χ3v) is 5.38. The maximum atomic E-state index is 5.70. The average molecular weight is 381 g/mol. The highest BCUT2D eigenvalue weighted by Crippen LogP contribution is 2.49. The van der Waals surface area contributed by atoms with Crippen LogP contribution >= 0.6 is 0 Å². The summed E-state index contributed by atoms with van der Waals surface area (Å²) in [6.07, 6.45) is 2.31. The fourth-order valence-electron chi connectivity index (χ4n) is 3.54. The predicted octanol–water partition coefficient (Wildman–Crippen LogP) is 3.21. The minimum atomic E-state index is 0.141. The average Bonchev–Trinajstić information content (AvgIpc) is 3.37. The molecule has 0 amide bonds. The van der Waals surface area contributed by atoms with Crippen LogP contribution in [0.25, 0.3) is 0 Å². The first-order valence-corrected chi connectivity index (χ1v) is 9.79. The van der Waals surface area contributed by atoms with Crippen LogP contribution in [0.15, 0.2) is 47.5 Å². The molecule has 1 heterocycles. The minimum absolute atomic E-state index is 0.141. The van der Waals surface area contributed by atoms with Crippen molar-refractivity contribution in [3.05, 3.63) is 53.6 Å². The summed E-state index contributed by atoms with van der Waals surface area (Å²) in [5.74, 6) is 3.38. The van der Waals surface area contributed by atoms with Gasteiger partial charge in [0, 0.05) is 31.1 Å². The van der Waals surface area contributed by atoms with Crippen molar-refractivity contribution in [2.24, 2.45) is 4.99 Å². The molecule has 0 saturated heterocycles. The number of rotatable bonds is 7. The van der Waals surface area contributed by atoms with Crippen molar-refractivity contribution in [3.8, 4) is 17.2 Å². The molecule has 1 aliphatic carbocycles. The number of nitrogens with one attached hydrogen (secondary N) is 2. The van der Waals surface area contributed by atoms with Gasteiger partial charge in [-0.3, -0.25) is 4.99 Å². The third kappa shape index (κ3) is 3.86. The van der Waals surface area contributed by atoms with E-state index in [1.165, 1.54) is 5.56 Å². The minimum Gasteiger partial charge on any atom is -0.494 e. The van der Waals surface area contributed by atoms with Gasteiger partial charge < -0.3 is 24.8 Å². The molecule has 1 fully saturated rings. The van der Waals surface area contributed by atoms with Gasteiger partial charge in [-0.05, 0) is 43.5 Å². The van der Waals surface area contributed by atoms with Crippen LogP contribution < -0.4 is 24.8 Å². The maximum absolute atomic E-state index is 5.70. The number of guanidine groups is 1. The lowest BCUT2D eigenvalue weighted by atomic mass is 9.95. The van der Waals surface area contributed by atoms with E-state index in [0.29, 0.717) is 19.9 Å². The molecule has 148 valence electrons. The Morgan fingerprint density at radius 1 is 1.11 bits per heavy atom. The lowest BCUT2D eigenvalue weighted by Crippen LogP contribution is -2.40. The van der Waals surface area contributed by atoms with E-state index in [1.54, 1.807) is 7.05 Å². The number of fused-ring (bicyclic) bond motifs is 1. The lowest BCUT2D eigenvalue weighted by molar-refractivity contribution is 0.174. The van der Waals surface area contributed by atoms with Crippen molar-refractivity contribution >= 4 is 5.96 Å². The third-order valence-electron chi connectivity index (χ3n) is 5.38. The normalized spacial score (nSPS) is 16.6. The van der Waals surface area contributed by atoms with Crippen molar-refractivity contribution in [1.29, 1.82) is 0 Å². The standard InChI is InChI=1S/C22H27N3O3/c1-3-26-18-7-5-4-6-16(18)13-24-21(23-2)25-14-22(10-11-22)17-8-9-19-20(12-17)28-15-27-19/h4-9,12H,3,10-11,13-15H2,1-2H3,(H2,23,24,25). The summed E-state index contributed by atoms with van der Waals surface area (Å²) in [6.45, 7) is 4.45. The van der Waals surface area contributed by atoms with Crippen LogP contribution in [0.2, 0.25) is 0 Å². The van der Waals surface area contributed by atoms with Crippen molar-refractivity contribution in [2.75, 3.05) is 27.0 Å². The molecule has 0 spiro atoms. The first kappa shape index (κ1) is 18.5. The molecule has 2 aromatic carbocycles. The zero-order valence-corrected chi connectivity index (χ0v) is 16.5. The molecule has 6 heteroatoms. The summed E-state index contributed by atoms with van der Waals surface area (Å²) in [5, 5.41) is 6.88. The van der Waals surface area contributed by atoms with Gasteiger partial charge in [0.25, 0.3) is 0 Å². The Morgan fingerprint density at radius 2 is 1.93 bits per heavy atom. The van der Waals surface area contributed by atoms with Crippen molar-refractivity contribution in [2.45, 2.75) is 31.7 Å². The van der Waals surface area contributed by atoms with E-state index in [1.807, 2.05) is 31.2 Å². The van der Waals surface area contributed by atoms with E-state index in [0.717, 1.165) is 48.2 Å². The molecular weight excluding hydrogens is 354 g/mol. The van der Waals surface area contributed by atoms with Gasteiger partial charge in [0.2, 0.25) is 6.79 Å². The van der Waals surface area contributed by atoms with Crippen LogP contribution in [0, 0.1) is 0 Å². The summed E-state index contributed by atoms with van der Waals surface area (Å²) in [5.41, 5.74) is 2.55. The predicted molar refractivity (Wildman–Crippen MR) is 109 cm³/mol. The first-order valence-electron chi connectivity index (χ1n) is 9.79. The Morgan fingerprint density at radius 3 is 2.71 bits per heavy atom. The second kappa shape index (κ2) is 8.00. The highest BCUT2D eigenvalue weighted by Gasteiger charge is 2.44. The first-order chi connectivity index (χ1) is 13.7. The number of nitrogens with zero attached hydrogens (tertiary/aromatic N) is 1. The van der Waals surface area contributed by atoms with Gasteiger partial charge in [-0.2, -0.15) is 0 Å². The Hall–Kier alpha value is -2.89. The molecule has 1 saturated carbocycles. The fraction of sp³-hybridized carbons (Fsp3) is 0.409. The molecule has 4 rings (SSSR count). The Balaban J connectivity index is 1.36. The number of aliphatic imine (C=N–C) groups is 1. The number of ether oxygens (including phenoxy) is 3. The Bertz CT molecular complexity index is 862. The van der Waals surface area contributed by atoms with Gasteiger partial charge in [0.1, 0.15) is 5.75 Å². The molecule has 2 aliphatic rings. The molecular formula is C22H27N3O3. The summed E-state index contributed by atoms with van der Waals surface area (Å²) < 4.78 is 16.7. The summed E-state index contributed by atoms with van der Waals surface area (Å²) in [6, 6.07) is 14.4. The number of para-hydroxylation sites is 1. The second-order valence-electron chi connectivity index (χ2n) is 7.17. The molecule has 0 atom stereocenters. The van der Waals surface area contributed by atoms with Crippen molar-refractivity contribution in [3.63, 3.8) is 0 Å². The quantitative estimate of drug-likeness (QED) is 0.570. The molecule has 1 aliphatic heterocycles. The van der Waals surface area contributed by atoms with Crippen molar-refractivity contribution < 1.29 is 14.2 Å². The van der Waals surface area contributed by atoms with Gasteiger partial charge in [-0.15, -0.1) is 0 Å². The number of benzene rings is 2. The number of hydrogen-bond acceptors (Lipinski definition) is 4. The van der Waals surface area contributed by atoms with Crippen LogP contribution in [-0.2, 0) is 12.0 Å². The molecule has 2 aromatic rings. The van der Waals surface area contributed by atoms with E-state index in [-0.39, 0.29) is 5.41 Å². The van der Waals surface area contributed by atoms with Gasteiger partial charge >= 0.3 is 0 Å². The van der Waals surface area contributed by atoms with E-state index in [4.69, 9.17) is 14.2 Å². The summed E-state index contributed by atoms with van der Waals surface area (Å²) >= 11 is 0. The van der Waals surface area contributed by atoms with Gasteiger partial charge in [0.05, 0.1) is 6.61 Å². The molecule has 0 radical (unpaired) electrons. The van der Waals surface area contributed by atoms with Gasteiger partial charge in [-0.1, -0.05) is 24.3 Å². The second-order valence-corrected chi connectivity index (χ2v) is 7.17. The highest BCUT2D eigenvalue weighted by molar-refractivity contribution is 5.80. The van der Waals surface area contributed by atoms with Gasteiger partial charge in [0.15, 0.2) is 17.5 Å². The summed E-state index contributed by atoms with van der Waals surface area (Å²) in [7, 11) is 1.80. The largest absolute Gasteiger partial charge is 0.494 e. The molecule has 0 aromatic heterocycles. The van der Waals surface area contributed by atoms with E-state index >= 15 is 0 Å². The lowest BCUT2D eigenvalue weighted by Gasteiger charge is -2.20. The fourth-order valence-corrected chi connectivity index (χ4v) is 3.54. The van der Waals surface area contributed by atoms with Crippen LogP contribution in [0.4, 0.5) is 0 Å². The monoisotopic (exact) mass is 381 g/mol. The van der Waals surface area contributed by atoms with Crippen LogP contribution in [0.5, 0.6) is 17.2 Å². The Kier molecular flexibility index (Phi) is 5.28. The van der Waals surface area contributed by atoms with Crippen LogP contribution in [0.3, 0.4) is 0 Å². The zero-order chi connectivity index (χ0) is 19.4. The molecule has 0 unspecified atom stereocenters. The smallest absolute Gasteiger partial charge is 0.231 e. The SMILES string of the molecule is CCOc1ccccc1CNC(=NC)NCC1(c2ccc3c(c2)OCO3)CC1. The van der Waals surface area contributed by atoms with E-state index in [9.17, 15) is 0 Å². The van der Waals surface area contributed by atoms with Crippen LogP contribution in [0.1, 0.15) is 30.9 Å². The van der Waals surface area contributed by atoms with E-state index < -0.39 is 0 Å². The summed E-state index contributed by atoms with van der Waals surface area (Å²) in [4.78, 5) is 4.37. The van der Waals surface area contributed by atoms with Gasteiger partial charge in [-0.25, -0.2) is 0 Å². The molecule has 28 heavy (non-hydrogen) atoms. The Labute approximate surface area is 165 Å². The van der Waals surface area contributed by atoms with Crippen LogP contribution in [-0.4, -0.2) is 33.0 Å². The zero-order valence-electron chi connectivity index (χ0n) is 16.5. The number of hydrogen-bond donors (Lipinski definition) is 2. The molecule has 2 N–H and O–H groups in total. The highest BCUT2D eigenvalue weighted by atomic mass is 16.7. The molecule has 6 nitrogen and oxygen atoms in total. The maximum Gasteiger partial charge on any atom is 0.231 e. The van der Waals surface area contributed by atoms with Crippen molar-refractivity contribution in [1.82, 2.24) is 10.6 Å².